The maximum atomic E-state index is 11.5. The summed E-state index contributed by atoms with van der Waals surface area (Å²) >= 11 is 5.69. The Morgan fingerprint density at radius 2 is 1.83 bits per heavy atom. The molecule has 5 nitrogen and oxygen atoms in total. The van der Waals surface area contributed by atoms with Crippen molar-refractivity contribution in [2.24, 2.45) is 5.92 Å². The Labute approximate surface area is 112 Å². The van der Waals surface area contributed by atoms with Crippen LogP contribution >= 0.6 is 11.6 Å². The average molecular weight is 291 g/mol. The van der Waals surface area contributed by atoms with E-state index in [2.05, 4.69) is 5.32 Å². The molecule has 1 aromatic rings. The van der Waals surface area contributed by atoms with Crippen LogP contribution < -0.4 is 10.0 Å². The van der Waals surface area contributed by atoms with Gasteiger partial charge in [-0.25, -0.2) is 17.9 Å². The van der Waals surface area contributed by atoms with E-state index in [-0.39, 0.29) is 11.7 Å². The highest BCUT2D eigenvalue weighted by Gasteiger charge is 2.16. The number of sulfonamides is 1. The predicted molar refractivity (Wildman–Crippen MR) is 72.2 cm³/mol. The molecule has 0 saturated carbocycles. The lowest BCUT2D eigenvalue weighted by atomic mass is 10.3. The fourth-order valence-corrected chi connectivity index (χ4v) is 2.73. The Hall–Kier alpha value is -1.27. The second-order valence-corrected chi connectivity index (χ2v) is 6.44. The largest absolute Gasteiger partial charge is 0.332 e. The first kappa shape index (κ1) is 14.8. The van der Waals surface area contributed by atoms with Crippen LogP contribution in [0, 0.1) is 5.92 Å². The second-order valence-electron chi connectivity index (χ2n) is 4.24. The molecule has 1 rings (SSSR count). The highest BCUT2D eigenvalue weighted by molar-refractivity contribution is 7.90. The van der Waals surface area contributed by atoms with Gasteiger partial charge in [-0.1, -0.05) is 25.4 Å². The zero-order valence-electron chi connectivity index (χ0n) is 10.1. The molecule has 0 aliphatic carbocycles. The molecule has 0 fully saturated rings. The Morgan fingerprint density at radius 1 is 1.28 bits per heavy atom. The molecule has 0 heterocycles. The van der Waals surface area contributed by atoms with Gasteiger partial charge in [0, 0.05) is 10.7 Å². The average Bonchev–Trinajstić information content (AvgIpc) is 2.18. The fourth-order valence-electron chi connectivity index (χ4n) is 1.31. The van der Waals surface area contributed by atoms with E-state index in [0.29, 0.717) is 10.7 Å². The van der Waals surface area contributed by atoms with E-state index in [4.69, 9.17) is 11.6 Å². The van der Waals surface area contributed by atoms with Crippen LogP contribution in [0.5, 0.6) is 0 Å². The van der Waals surface area contributed by atoms with Gasteiger partial charge in [-0.3, -0.25) is 0 Å². The minimum atomic E-state index is -3.60. The summed E-state index contributed by atoms with van der Waals surface area (Å²) in [6.07, 6.45) is 0. The summed E-state index contributed by atoms with van der Waals surface area (Å²) in [5, 5.41) is 2.95. The van der Waals surface area contributed by atoms with Crippen LogP contribution in [0.4, 0.5) is 10.5 Å². The summed E-state index contributed by atoms with van der Waals surface area (Å²) in [5.41, 5.74) is 0.469. The number of amides is 2. The minimum Gasteiger partial charge on any atom is -0.307 e. The highest BCUT2D eigenvalue weighted by atomic mass is 35.5. The van der Waals surface area contributed by atoms with Gasteiger partial charge in [-0.05, 0) is 30.2 Å². The van der Waals surface area contributed by atoms with Crippen LogP contribution in [0.2, 0.25) is 5.02 Å². The van der Waals surface area contributed by atoms with Gasteiger partial charge in [0.1, 0.15) is 0 Å². The summed E-state index contributed by atoms with van der Waals surface area (Å²) in [6.45, 7) is 3.52. The van der Waals surface area contributed by atoms with Crippen molar-refractivity contribution in [3.63, 3.8) is 0 Å². The number of rotatable bonds is 4. The van der Waals surface area contributed by atoms with Crippen LogP contribution in [-0.2, 0) is 10.0 Å². The topological polar surface area (TPSA) is 75.3 Å². The van der Waals surface area contributed by atoms with E-state index >= 15 is 0 Å². The molecule has 0 spiro atoms. The normalized spacial score (nSPS) is 11.3. The molecule has 18 heavy (non-hydrogen) atoms. The number of nitrogens with one attached hydrogen (secondary N) is 2. The summed E-state index contributed by atoms with van der Waals surface area (Å²) in [4.78, 5) is 11.5. The monoisotopic (exact) mass is 290 g/mol. The van der Waals surface area contributed by atoms with Crippen molar-refractivity contribution in [2.75, 3.05) is 11.1 Å². The lowest BCUT2D eigenvalue weighted by molar-refractivity contribution is 0.256. The van der Waals surface area contributed by atoms with Crippen molar-refractivity contribution in [2.45, 2.75) is 13.8 Å². The molecular formula is C11H15ClN2O3S. The molecule has 7 heteroatoms. The fraction of sp³-hybridized carbons (Fsp3) is 0.364. The van der Waals surface area contributed by atoms with E-state index in [0.717, 1.165) is 0 Å². The third-order valence-electron chi connectivity index (χ3n) is 1.90. The maximum absolute atomic E-state index is 11.5. The van der Waals surface area contributed by atoms with Crippen LogP contribution in [0.1, 0.15) is 13.8 Å². The molecule has 1 aromatic carbocycles. The number of anilines is 1. The van der Waals surface area contributed by atoms with Crippen LogP contribution in [0.15, 0.2) is 24.3 Å². The lowest BCUT2D eigenvalue weighted by Gasteiger charge is -2.10. The van der Waals surface area contributed by atoms with E-state index in [1.54, 1.807) is 38.1 Å². The number of hydrogen-bond donors (Lipinski definition) is 2. The number of carbonyl (C=O) groups excluding carboxylic acids is 1. The number of hydrogen-bond acceptors (Lipinski definition) is 3. The minimum absolute atomic E-state index is 0.0502. The molecule has 2 amide bonds. The number of benzene rings is 1. The summed E-state index contributed by atoms with van der Waals surface area (Å²) < 4.78 is 24.9. The molecule has 2 N–H and O–H groups in total. The van der Waals surface area contributed by atoms with Gasteiger partial charge in [0.05, 0.1) is 5.75 Å². The molecule has 0 aliphatic heterocycles. The van der Waals surface area contributed by atoms with Crippen molar-refractivity contribution in [3.05, 3.63) is 29.3 Å². The van der Waals surface area contributed by atoms with Crippen LogP contribution in [-0.4, -0.2) is 20.2 Å². The van der Waals surface area contributed by atoms with Gasteiger partial charge in [0.15, 0.2) is 0 Å². The molecule has 0 aromatic heterocycles. The SMILES string of the molecule is CC(C)CS(=O)(=O)NC(=O)Nc1ccc(Cl)cc1. The van der Waals surface area contributed by atoms with Crippen molar-refractivity contribution < 1.29 is 13.2 Å². The zero-order chi connectivity index (χ0) is 13.8. The van der Waals surface area contributed by atoms with Gasteiger partial charge in [-0.2, -0.15) is 0 Å². The molecular weight excluding hydrogens is 276 g/mol. The number of carbonyl (C=O) groups is 1. The standard InChI is InChI=1S/C11H15ClN2O3S/c1-8(2)7-18(16,17)14-11(15)13-10-5-3-9(12)4-6-10/h3-6,8H,7H2,1-2H3,(H2,13,14,15). The highest BCUT2D eigenvalue weighted by Crippen LogP contribution is 2.13. The quantitative estimate of drug-likeness (QED) is 0.894. The predicted octanol–water partition coefficient (Wildman–Crippen LogP) is 2.45. The molecule has 0 radical (unpaired) electrons. The van der Waals surface area contributed by atoms with E-state index < -0.39 is 16.1 Å². The van der Waals surface area contributed by atoms with Crippen molar-refractivity contribution in [3.8, 4) is 0 Å². The van der Waals surface area contributed by atoms with E-state index in [1.807, 2.05) is 4.72 Å². The zero-order valence-corrected chi connectivity index (χ0v) is 11.7. The Balaban J connectivity index is 2.59. The maximum Gasteiger partial charge on any atom is 0.332 e. The Bertz CT molecular complexity index is 512. The second kappa shape index (κ2) is 6.06. The molecule has 100 valence electrons. The Kier molecular flexibility index (Phi) is 4.98. The van der Waals surface area contributed by atoms with Gasteiger partial charge in [-0.15, -0.1) is 0 Å². The summed E-state index contributed by atoms with van der Waals surface area (Å²) in [6, 6.07) is 5.58. The van der Waals surface area contributed by atoms with Gasteiger partial charge < -0.3 is 5.32 Å². The summed E-state index contributed by atoms with van der Waals surface area (Å²) in [5.74, 6) is -0.146. The van der Waals surface area contributed by atoms with Crippen molar-refractivity contribution >= 4 is 33.3 Å². The first-order chi connectivity index (χ1) is 8.28. The van der Waals surface area contributed by atoms with Crippen molar-refractivity contribution in [1.82, 2.24) is 4.72 Å². The molecule has 0 saturated heterocycles. The number of halogens is 1. The smallest absolute Gasteiger partial charge is 0.307 e. The first-order valence-electron chi connectivity index (χ1n) is 5.35. The first-order valence-corrected chi connectivity index (χ1v) is 7.38. The van der Waals surface area contributed by atoms with Gasteiger partial charge >= 0.3 is 6.03 Å². The van der Waals surface area contributed by atoms with Gasteiger partial charge in [0.2, 0.25) is 10.0 Å². The third-order valence-corrected chi connectivity index (χ3v) is 3.76. The molecule has 0 unspecified atom stereocenters. The summed E-state index contributed by atoms with van der Waals surface area (Å²) in [7, 11) is -3.60. The third kappa shape index (κ3) is 5.37. The molecule has 0 atom stereocenters. The lowest BCUT2D eigenvalue weighted by Crippen LogP contribution is -2.37. The van der Waals surface area contributed by atoms with E-state index in [9.17, 15) is 13.2 Å². The molecule has 0 bridgehead atoms. The molecule has 0 aliphatic rings. The van der Waals surface area contributed by atoms with E-state index in [1.165, 1.54) is 0 Å². The Morgan fingerprint density at radius 3 is 2.33 bits per heavy atom. The van der Waals surface area contributed by atoms with Crippen molar-refractivity contribution in [1.29, 1.82) is 0 Å². The van der Waals surface area contributed by atoms with Gasteiger partial charge in [0.25, 0.3) is 0 Å². The van der Waals surface area contributed by atoms with Crippen LogP contribution in [0.25, 0.3) is 0 Å². The number of urea groups is 1. The van der Waals surface area contributed by atoms with Crippen LogP contribution in [0.3, 0.4) is 0 Å².